The Kier molecular flexibility index (Phi) is 6.91. The first-order chi connectivity index (χ1) is 16.5. The number of nitrogens with two attached hydrogens (primary N) is 1. The number of halogens is 3. The monoisotopic (exact) mass is 489 g/mol. The van der Waals surface area contributed by atoms with Gasteiger partial charge in [0.2, 0.25) is 0 Å². The Labute approximate surface area is 197 Å². The first-order valence-corrected chi connectivity index (χ1v) is 9.78. The number of phenols is 1. The maximum Gasteiger partial charge on any atom is 0.573 e. The normalized spacial score (nSPS) is 16.0. The molecule has 1 aliphatic heterocycles. The number of anilines is 1. The van der Waals surface area contributed by atoms with Gasteiger partial charge in [-0.3, -0.25) is 4.90 Å². The summed E-state index contributed by atoms with van der Waals surface area (Å²) in [4.78, 5) is 26.6. The van der Waals surface area contributed by atoms with Crippen LogP contribution in [-0.2, 0) is 19.1 Å². The highest BCUT2D eigenvalue weighted by atomic mass is 19.4. The van der Waals surface area contributed by atoms with Crippen molar-refractivity contribution in [2.24, 2.45) is 5.73 Å². The minimum Gasteiger partial charge on any atom is -0.506 e. The van der Waals surface area contributed by atoms with Crippen molar-refractivity contribution in [3.05, 3.63) is 76.8 Å². The molecule has 1 heterocycles. The van der Waals surface area contributed by atoms with E-state index in [1.165, 1.54) is 0 Å². The van der Waals surface area contributed by atoms with Gasteiger partial charge in [-0.25, -0.2) is 9.59 Å². The first-order valence-electron chi connectivity index (χ1n) is 9.78. The number of ether oxygens (including phenoxy) is 3. The smallest absolute Gasteiger partial charge is 0.506 e. The Morgan fingerprint density at radius 2 is 1.71 bits per heavy atom. The van der Waals surface area contributed by atoms with Crippen LogP contribution in [0.1, 0.15) is 11.5 Å². The van der Waals surface area contributed by atoms with E-state index < -0.39 is 52.9 Å². The average Bonchev–Trinajstić information content (AvgIpc) is 2.83. The van der Waals surface area contributed by atoms with E-state index in [0.717, 1.165) is 37.3 Å². The van der Waals surface area contributed by atoms with E-state index >= 15 is 0 Å². The number of hydrogen-bond acceptors (Lipinski definition) is 9. The topological polar surface area (TPSA) is 135 Å². The summed E-state index contributed by atoms with van der Waals surface area (Å²) in [5.41, 5.74) is 4.98. The van der Waals surface area contributed by atoms with E-state index in [1.54, 1.807) is 30.3 Å². The number of alkyl halides is 3. The van der Waals surface area contributed by atoms with E-state index in [4.69, 9.17) is 15.2 Å². The fourth-order valence-electron chi connectivity index (χ4n) is 3.64. The molecule has 1 atom stereocenters. The molecule has 0 amide bonds. The van der Waals surface area contributed by atoms with Crippen molar-refractivity contribution < 1.29 is 42.1 Å². The summed E-state index contributed by atoms with van der Waals surface area (Å²) in [6.07, 6.45) is -5.06. The Hall–Kier alpha value is -4.66. The number of aromatic hydroxyl groups is 1. The number of phenolic OH excluding ortho intramolecular Hbond substituents is 1. The minimum absolute atomic E-state index is 0.231. The van der Waals surface area contributed by atoms with Crippen LogP contribution in [0.3, 0.4) is 0 Å². The van der Waals surface area contributed by atoms with Crippen LogP contribution in [0.2, 0.25) is 0 Å². The third-order valence-corrected chi connectivity index (χ3v) is 5.03. The lowest BCUT2D eigenvalue weighted by molar-refractivity contribution is -0.274. The van der Waals surface area contributed by atoms with E-state index in [2.05, 4.69) is 4.74 Å². The van der Waals surface area contributed by atoms with Gasteiger partial charge < -0.3 is 25.1 Å². The molecule has 3 N–H and O–H groups in total. The SMILES string of the molecule is COC(=O)C1=C(C(=O)OC)N(c2cc(OC(F)(F)F)ccc2O)C(N)=C(C#N)C1c1ccccc1. The van der Waals surface area contributed by atoms with Crippen LogP contribution in [0.4, 0.5) is 18.9 Å². The molecule has 1 aliphatic rings. The highest BCUT2D eigenvalue weighted by Crippen LogP contribution is 2.46. The molecule has 9 nitrogen and oxygen atoms in total. The Morgan fingerprint density at radius 3 is 2.26 bits per heavy atom. The summed E-state index contributed by atoms with van der Waals surface area (Å²) in [5.74, 6) is -5.18. The van der Waals surface area contributed by atoms with Gasteiger partial charge in [0.05, 0.1) is 43.0 Å². The van der Waals surface area contributed by atoms with Gasteiger partial charge in [0.15, 0.2) is 0 Å². The maximum atomic E-state index is 12.9. The number of nitrogens with zero attached hydrogens (tertiary/aromatic N) is 2. The standard InChI is InChI=1S/C23H18F3N3O6/c1-33-21(31)18-17(12-6-4-3-5-7-12)14(11-27)20(28)29(19(18)22(32)34-2)15-10-13(8-9-16(15)30)35-23(24,25)26/h3-10,17,30H,28H2,1-2H3. The third-order valence-electron chi connectivity index (χ3n) is 5.03. The number of hydrogen-bond donors (Lipinski definition) is 2. The molecule has 0 radical (unpaired) electrons. The second kappa shape index (κ2) is 9.68. The van der Waals surface area contributed by atoms with Gasteiger partial charge in [0.1, 0.15) is 23.0 Å². The first kappa shape index (κ1) is 25.0. The number of carbonyl (C=O) groups is 2. The van der Waals surface area contributed by atoms with E-state index in [0.29, 0.717) is 5.56 Å². The molecule has 12 heteroatoms. The number of esters is 2. The van der Waals surface area contributed by atoms with Crippen molar-refractivity contribution in [2.75, 3.05) is 19.1 Å². The van der Waals surface area contributed by atoms with Crippen molar-refractivity contribution >= 4 is 17.6 Å². The Morgan fingerprint density at radius 1 is 1.09 bits per heavy atom. The minimum atomic E-state index is -5.06. The van der Waals surface area contributed by atoms with Crippen LogP contribution in [0.5, 0.6) is 11.5 Å². The molecule has 0 aliphatic carbocycles. The lowest BCUT2D eigenvalue weighted by Gasteiger charge is -2.36. The summed E-state index contributed by atoms with van der Waals surface area (Å²) < 4.78 is 52.0. The van der Waals surface area contributed by atoms with Gasteiger partial charge in [-0.15, -0.1) is 13.2 Å². The van der Waals surface area contributed by atoms with E-state index in [1.807, 2.05) is 6.07 Å². The third kappa shape index (κ3) is 4.84. The summed E-state index contributed by atoms with van der Waals surface area (Å²) in [6, 6.07) is 12.4. The predicted octanol–water partition coefficient (Wildman–Crippen LogP) is 3.19. The molecule has 182 valence electrons. The highest BCUT2D eigenvalue weighted by Gasteiger charge is 2.43. The lowest BCUT2D eigenvalue weighted by atomic mass is 9.81. The van der Waals surface area contributed by atoms with Gasteiger partial charge in [-0.2, -0.15) is 5.26 Å². The Balaban J connectivity index is 2.40. The lowest BCUT2D eigenvalue weighted by Crippen LogP contribution is -2.40. The summed E-state index contributed by atoms with van der Waals surface area (Å²) in [5, 5.41) is 20.4. The predicted molar refractivity (Wildman–Crippen MR) is 114 cm³/mol. The number of rotatable bonds is 5. The molecule has 0 saturated carbocycles. The molecule has 0 saturated heterocycles. The van der Waals surface area contributed by atoms with Crippen LogP contribution < -0.4 is 15.4 Å². The fourth-order valence-corrected chi connectivity index (χ4v) is 3.64. The molecule has 0 fully saturated rings. The van der Waals surface area contributed by atoms with Gasteiger partial charge in [0.25, 0.3) is 0 Å². The molecule has 2 aromatic carbocycles. The van der Waals surface area contributed by atoms with Gasteiger partial charge in [-0.05, 0) is 17.7 Å². The van der Waals surface area contributed by atoms with E-state index in [9.17, 15) is 33.1 Å². The van der Waals surface area contributed by atoms with Crippen molar-refractivity contribution in [1.29, 1.82) is 5.26 Å². The number of methoxy groups -OCH3 is 2. The zero-order valence-corrected chi connectivity index (χ0v) is 18.3. The molecule has 1 unspecified atom stereocenters. The van der Waals surface area contributed by atoms with Crippen LogP contribution in [0.15, 0.2) is 71.2 Å². The molecule has 3 rings (SSSR count). The Bertz CT molecular complexity index is 1270. The van der Waals surface area contributed by atoms with Crippen molar-refractivity contribution in [2.45, 2.75) is 12.3 Å². The number of carbonyl (C=O) groups excluding carboxylic acids is 2. The van der Waals surface area contributed by atoms with Crippen LogP contribution in [0.25, 0.3) is 0 Å². The second-order valence-electron chi connectivity index (χ2n) is 7.03. The van der Waals surface area contributed by atoms with Gasteiger partial charge >= 0.3 is 18.3 Å². The number of nitriles is 1. The fraction of sp³-hybridized carbons (Fsp3) is 0.174. The largest absolute Gasteiger partial charge is 0.573 e. The summed E-state index contributed by atoms with van der Waals surface area (Å²) >= 11 is 0. The molecule has 0 bridgehead atoms. The van der Waals surface area contributed by atoms with Crippen molar-refractivity contribution in [3.8, 4) is 17.6 Å². The molecular formula is C23H18F3N3O6. The summed E-state index contributed by atoms with van der Waals surface area (Å²) in [7, 11) is 2.04. The van der Waals surface area contributed by atoms with Crippen LogP contribution in [0, 0.1) is 11.3 Å². The summed E-state index contributed by atoms with van der Waals surface area (Å²) in [6.45, 7) is 0. The highest BCUT2D eigenvalue weighted by molar-refractivity contribution is 6.06. The molecule has 35 heavy (non-hydrogen) atoms. The quantitative estimate of drug-likeness (QED) is 0.607. The second-order valence-corrected chi connectivity index (χ2v) is 7.03. The zero-order valence-electron chi connectivity index (χ0n) is 18.3. The van der Waals surface area contributed by atoms with Crippen LogP contribution in [-0.4, -0.2) is 37.6 Å². The number of allylic oxidation sites excluding steroid dienone is 1. The molecule has 0 aromatic heterocycles. The van der Waals surface area contributed by atoms with Gasteiger partial charge in [-0.1, -0.05) is 30.3 Å². The van der Waals surface area contributed by atoms with Gasteiger partial charge in [0, 0.05) is 6.07 Å². The zero-order chi connectivity index (χ0) is 25.9. The van der Waals surface area contributed by atoms with Crippen LogP contribution >= 0.6 is 0 Å². The van der Waals surface area contributed by atoms with Crippen molar-refractivity contribution in [3.63, 3.8) is 0 Å². The molecular weight excluding hydrogens is 471 g/mol. The number of benzene rings is 2. The average molecular weight is 489 g/mol. The van der Waals surface area contributed by atoms with Crippen molar-refractivity contribution in [1.82, 2.24) is 0 Å². The molecule has 0 spiro atoms. The maximum absolute atomic E-state index is 12.9. The molecule has 2 aromatic rings. The van der Waals surface area contributed by atoms with E-state index in [-0.39, 0.29) is 11.1 Å².